The highest BCUT2D eigenvalue weighted by atomic mass is 32.1. The normalized spacial score (nSPS) is 15.0. The van der Waals surface area contributed by atoms with Crippen LogP contribution in [0.5, 0.6) is 5.75 Å². The number of benzene rings is 1. The number of hydrogen-bond acceptors (Lipinski definition) is 7. The summed E-state index contributed by atoms with van der Waals surface area (Å²) in [6, 6.07) is 6.62. The van der Waals surface area contributed by atoms with Crippen molar-refractivity contribution in [2.75, 3.05) is 26.6 Å². The van der Waals surface area contributed by atoms with E-state index >= 15 is 0 Å². The van der Waals surface area contributed by atoms with Gasteiger partial charge in [0, 0.05) is 10.4 Å². The summed E-state index contributed by atoms with van der Waals surface area (Å²) in [7, 11) is 4.13. The maximum atomic E-state index is 12.6. The number of anilines is 1. The number of esters is 2. The first-order chi connectivity index (χ1) is 13.0. The van der Waals surface area contributed by atoms with Gasteiger partial charge < -0.3 is 19.5 Å². The highest BCUT2D eigenvalue weighted by molar-refractivity contribution is 7.17. The van der Waals surface area contributed by atoms with Gasteiger partial charge in [-0.15, -0.1) is 11.3 Å². The van der Waals surface area contributed by atoms with E-state index in [1.54, 1.807) is 31.4 Å². The molecule has 1 atom stereocenters. The van der Waals surface area contributed by atoms with Crippen LogP contribution in [0.4, 0.5) is 5.00 Å². The first-order valence-electron chi connectivity index (χ1n) is 8.27. The lowest BCUT2D eigenvalue weighted by molar-refractivity contribution is -0.142. The molecule has 0 saturated carbocycles. The minimum absolute atomic E-state index is 0.229. The van der Waals surface area contributed by atoms with E-state index in [9.17, 15) is 14.4 Å². The Balaban J connectivity index is 1.95. The first-order valence-corrected chi connectivity index (χ1v) is 9.08. The van der Waals surface area contributed by atoms with E-state index < -0.39 is 17.9 Å². The summed E-state index contributed by atoms with van der Waals surface area (Å²) in [6.07, 6.45) is 1.21. The van der Waals surface area contributed by atoms with E-state index in [1.165, 1.54) is 25.6 Å². The molecule has 1 aromatic heterocycles. The van der Waals surface area contributed by atoms with Crippen LogP contribution in [0.15, 0.2) is 24.3 Å². The molecule has 2 aromatic rings. The Kier molecular flexibility index (Phi) is 5.46. The van der Waals surface area contributed by atoms with Gasteiger partial charge in [0.1, 0.15) is 10.8 Å². The molecule has 3 rings (SSSR count). The zero-order valence-corrected chi connectivity index (χ0v) is 16.0. The van der Waals surface area contributed by atoms with Crippen molar-refractivity contribution in [2.45, 2.75) is 18.8 Å². The molecule has 0 saturated heterocycles. The molecule has 1 aliphatic carbocycles. The molecule has 0 fully saturated rings. The van der Waals surface area contributed by atoms with Crippen LogP contribution in [0.1, 0.15) is 43.5 Å². The van der Waals surface area contributed by atoms with Gasteiger partial charge >= 0.3 is 11.9 Å². The van der Waals surface area contributed by atoms with E-state index in [0.717, 1.165) is 4.88 Å². The predicted molar refractivity (Wildman–Crippen MR) is 99.7 cm³/mol. The Labute approximate surface area is 160 Å². The molecular formula is C19H19NO6S. The molecule has 142 valence electrons. The van der Waals surface area contributed by atoms with Crippen LogP contribution in [0.25, 0.3) is 0 Å². The minimum atomic E-state index is -0.590. The Morgan fingerprint density at radius 1 is 1.07 bits per heavy atom. The lowest BCUT2D eigenvalue weighted by atomic mass is 9.99. The van der Waals surface area contributed by atoms with Crippen LogP contribution in [0.2, 0.25) is 0 Å². The van der Waals surface area contributed by atoms with Crippen LogP contribution < -0.4 is 10.1 Å². The smallest absolute Gasteiger partial charge is 0.341 e. The van der Waals surface area contributed by atoms with Crippen molar-refractivity contribution in [1.29, 1.82) is 0 Å². The van der Waals surface area contributed by atoms with Gasteiger partial charge in [0.05, 0.1) is 32.8 Å². The molecule has 0 aliphatic heterocycles. The summed E-state index contributed by atoms with van der Waals surface area (Å²) in [5.74, 6) is -1.24. The monoisotopic (exact) mass is 389 g/mol. The molecule has 7 nitrogen and oxygen atoms in total. The van der Waals surface area contributed by atoms with Gasteiger partial charge in [0.25, 0.3) is 5.91 Å². The molecule has 1 aliphatic rings. The lowest BCUT2D eigenvalue weighted by Crippen LogP contribution is -2.17. The minimum Gasteiger partial charge on any atom is -0.497 e. The zero-order valence-electron chi connectivity index (χ0n) is 15.2. The topological polar surface area (TPSA) is 90.9 Å². The molecule has 1 amide bonds. The number of nitrogens with one attached hydrogen (secondary N) is 1. The summed E-state index contributed by atoms with van der Waals surface area (Å²) >= 11 is 1.29. The predicted octanol–water partition coefficient (Wildman–Crippen LogP) is 3.00. The molecule has 8 heteroatoms. The Morgan fingerprint density at radius 2 is 1.78 bits per heavy atom. The van der Waals surface area contributed by atoms with Crippen LogP contribution in [-0.4, -0.2) is 39.2 Å². The highest BCUT2D eigenvalue weighted by Gasteiger charge is 2.38. The summed E-state index contributed by atoms with van der Waals surface area (Å²) in [5, 5.41) is 3.15. The molecule has 0 bridgehead atoms. The number of carbonyl (C=O) groups is 3. The number of fused-ring (bicyclic) bond motifs is 1. The molecular weight excluding hydrogens is 370 g/mol. The van der Waals surface area contributed by atoms with Crippen LogP contribution in [0, 0.1) is 0 Å². The number of ether oxygens (including phenoxy) is 3. The first kappa shape index (κ1) is 18.9. The number of carbonyl (C=O) groups excluding carboxylic acids is 3. The number of amides is 1. The molecule has 1 N–H and O–H groups in total. The van der Waals surface area contributed by atoms with Gasteiger partial charge in [0.15, 0.2) is 0 Å². The second-order valence-corrected chi connectivity index (χ2v) is 7.04. The number of methoxy groups -OCH3 is 3. The van der Waals surface area contributed by atoms with Gasteiger partial charge in [-0.1, -0.05) is 0 Å². The van der Waals surface area contributed by atoms with Crippen LogP contribution in [-0.2, 0) is 20.7 Å². The van der Waals surface area contributed by atoms with Crippen molar-refractivity contribution in [1.82, 2.24) is 0 Å². The third-order valence-electron chi connectivity index (χ3n) is 4.49. The van der Waals surface area contributed by atoms with Crippen molar-refractivity contribution >= 4 is 34.2 Å². The van der Waals surface area contributed by atoms with E-state index in [1.807, 2.05) is 0 Å². The summed E-state index contributed by atoms with van der Waals surface area (Å²) in [6.45, 7) is 0. The van der Waals surface area contributed by atoms with Gasteiger partial charge in [-0.2, -0.15) is 0 Å². The van der Waals surface area contributed by atoms with Gasteiger partial charge in [0.2, 0.25) is 0 Å². The molecule has 1 aromatic carbocycles. The zero-order chi connectivity index (χ0) is 19.6. The van der Waals surface area contributed by atoms with E-state index in [0.29, 0.717) is 34.7 Å². The van der Waals surface area contributed by atoms with Crippen LogP contribution >= 0.6 is 11.3 Å². The average molecular weight is 389 g/mol. The summed E-state index contributed by atoms with van der Waals surface area (Å²) < 4.78 is 14.8. The fourth-order valence-corrected chi connectivity index (χ4v) is 4.41. The fraction of sp³-hybridized carbons (Fsp3) is 0.316. The second kappa shape index (κ2) is 7.79. The quantitative estimate of drug-likeness (QED) is 0.791. The van der Waals surface area contributed by atoms with Crippen molar-refractivity contribution in [3.63, 3.8) is 0 Å². The molecule has 1 unspecified atom stereocenters. The van der Waals surface area contributed by atoms with Crippen LogP contribution in [0.3, 0.4) is 0 Å². The molecule has 0 radical (unpaired) electrons. The average Bonchev–Trinajstić information content (AvgIpc) is 3.25. The van der Waals surface area contributed by atoms with Crippen molar-refractivity contribution in [3.05, 3.63) is 45.8 Å². The second-order valence-electron chi connectivity index (χ2n) is 5.93. The van der Waals surface area contributed by atoms with Crippen molar-refractivity contribution < 1.29 is 28.6 Å². The largest absolute Gasteiger partial charge is 0.497 e. The summed E-state index contributed by atoms with van der Waals surface area (Å²) in [5.41, 5.74) is 1.25. The van der Waals surface area contributed by atoms with Crippen molar-refractivity contribution in [2.24, 2.45) is 0 Å². The number of rotatable bonds is 5. The standard InChI is InChI=1S/C19H19NO6S/c1-24-11-6-4-10(5-7-11)16(21)20-17-15(19(23)26-3)14-12(18(22)25-2)8-9-13(14)27-17/h4-7,12H,8-9H2,1-3H3,(H,20,21). The molecule has 27 heavy (non-hydrogen) atoms. The Hall–Kier alpha value is -2.87. The Morgan fingerprint density at radius 3 is 2.37 bits per heavy atom. The van der Waals surface area contributed by atoms with Gasteiger partial charge in [-0.05, 0) is 42.7 Å². The SMILES string of the molecule is COC(=O)c1c(NC(=O)c2ccc(OC)cc2)sc2c1C(C(=O)OC)CC2. The maximum absolute atomic E-state index is 12.6. The lowest BCUT2D eigenvalue weighted by Gasteiger charge is -2.12. The fourth-order valence-electron chi connectivity index (χ4n) is 3.15. The van der Waals surface area contributed by atoms with Gasteiger partial charge in [-0.3, -0.25) is 9.59 Å². The third-order valence-corrected chi connectivity index (χ3v) is 5.67. The van der Waals surface area contributed by atoms with E-state index in [-0.39, 0.29) is 11.5 Å². The van der Waals surface area contributed by atoms with E-state index in [2.05, 4.69) is 5.32 Å². The highest BCUT2D eigenvalue weighted by Crippen LogP contribution is 2.46. The number of thiophene rings is 1. The molecule has 0 spiro atoms. The van der Waals surface area contributed by atoms with Crippen molar-refractivity contribution in [3.8, 4) is 5.75 Å². The van der Waals surface area contributed by atoms with Gasteiger partial charge in [-0.25, -0.2) is 4.79 Å². The molecule has 1 heterocycles. The third kappa shape index (κ3) is 3.52. The number of hydrogen-bond donors (Lipinski definition) is 1. The van der Waals surface area contributed by atoms with E-state index in [4.69, 9.17) is 14.2 Å². The summed E-state index contributed by atoms with van der Waals surface area (Å²) in [4.78, 5) is 37.9. The Bertz CT molecular complexity index is 886. The maximum Gasteiger partial charge on any atom is 0.341 e. The number of aryl methyl sites for hydroxylation is 1.